The van der Waals surface area contributed by atoms with E-state index in [2.05, 4.69) is 15.4 Å². The number of aromatic nitrogens is 4. The molecule has 0 aliphatic rings. The summed E-state index contributed by atoms with van der Waals surface area (Å²) in [5.41, 5.74) is -0.0898. The number of nitrogens with one attached hydrogen (secondary N) is 1. The highest BCUT2D eigenvalue weighted by atomic mass is 16.1. The zero-order valence-corrected chi connectivity index (χ0v) is 10.6. The monoisotopic (exact) mass is 247 g/mol. The van der Waals surface area contributed by atoms with E-state index in [1.165, 1.54) is 0 Å². The molecule has 0 aromatic carbocycles. The maximum Gasteiger partial charge on any atom is 0.293 e. The highest BCUT2D eigenvalue weighted by Gasteiger charge is 2.06. The maximum absolute atomic E-state index is 12.0. The molecule has 96 valence electrons. The summed E-state index contributed by atoms with van der Waals surface area (Å²) in [5, 5.41) is 7.13. The molecule has 18 heavy (non-hydrogen) atoms. The van der Waals surface area contributed by atoms with Gasteiger partial charge < -0.3 is 9.88 Å². The fourth-order valence-electron chi connectivity index (χ4n) is 1.67. The van der Waals surface area contributed by atoms with Crippen LogP contribution >= 0.6 is 0 Å². The molecular weight excluding hydrogens is 230 g/mol. The van der Waals surface area contributed by atoms with Crippen LogP contribution in [0.5, 0.6) is 0 Å². The second-order valence-electron chi connectivity index (χ2n) is 4.28. The summed E-state index contributed by atoms with van der Waals surface area (Å²) in [5.74, 6) is 0.387. The normalized spacial score (nSPS) is 10.8. The van der Waals surface area contributed by atoms with E-state index < -0.39 is 0 Å². The Hall–Kier alpha value is -2.11. The molecule has 2 aromatic rings. The van der Waals surface area contributed by atoms with Crippen LogP contribution in [0.2, 0.25) is 0 Å². The third kappa shape index (κ3) is 2.77. The van der Waals surface area contributed by atoms with Gasteiger partial charge in [-0.15, -0.1) is 0 Å². The average Bonchev–Trinajstić information content (AvgIpc) is 2.84. The van der Waals surface area contributed by atoms with Crippen molar-refractivity contribution < 1.29 is 0 Å². The highest BCUT2D eigenvalue weighted by molar-refractivity contribution is 5.30. The number of hydrogen-bond donors (Lipinski definition) is 1. The maximum atomic E-state index is 12.0. The number of hydrogen-bond acceptors (Lipinski definition) is 4. The van der Waals surface area contributed by atoms with Gasteiger partial charge in [-0.1, -0.05) is 0 Å². The van der Waals surface area contributed by atoms with Crippen molar-refractivity contribution in [2.24, 2.45) is 0 Å². The molecule has 0 aliphatic carbocycles. The van der Waals surface area contributed by atoms with E-state index in [-0.39, 0.29) is 11.6 Å². The van der Waals surface area contributed by atoms with E-state index >= 15 is 0 Å². The van der Waals surface area contributed by atoms with Crippen LogP contribution in [0.25, 0.3) is 0 Å². The van der Waals surface area contributed by atoms with Crippen LogP contribution in [-0.4, -0.2) is 25.9 Å². The highest BCUT2D eigenvalue weighted by Crippen LogP contribution is 2.01. The Balaban J connectivity index is 2.01. The van der Waals surface area contributed by atoms with Crippen LogP contribution in [0.4, 0.5) is 5.82 Å². The van der Waals surface area contributed by atoms with Gasteiger partial charge in [-0.25, -0.2) is 4.98 Å². The zero-order valence-electron chi connectivity index (χ0n) is 10.6. The Bertz CT molecular complexity index is 544. The molecule has 0 amide bonds. The second kappa shape index (κ2) is 5.48. The SMILES string of the molecule is CC(C)n1ccnc(NCCn2cccn2)c1=O. The van der Waals surface area contributed by atoms with Gasteiger partial charge in [-0.3, -0.25) is 9.48 Å². The first-order chi connectivity index (χ1) is 8.68. The van der Waals surface area contributed by atoms with Gasteiger partial charge in [-0.2, -0.15) is 5.10 Å². The van der Waals surface area contributed by atoms with E-state index in [0.717, 1.165) is 0 Å². The van der Waals surface area contributed by atoms with E-state index in [0.29, 0.717) is 18.9 Å². The predicted molar refractivity (Wildman–Crippen MR) is 69.6 cm³/mol. The van der Waals surface area contributed by atoms with Gasteiger partial charge in [0.15, 0.2) is 5.82 Å². The van der Waals surface area contributed by atoms with Crippen molar-refractivity contribution in [3.63, 3.8) is 0 Å². The quantitative estimate of drug-likeness (QED) is 0.860. The Morgan fingerprint density at radius 1 is 1.33 bits per heavy atom. The molecule has 0 bridgehead atoms. The van der Waals surface area contributed by atoms with Crippen LogP contribution in [0, 0.1) is 0 Å². The van der Waals surface area contributed by atoms with Crippen LogP contribution < -0.4 is 10.9 Å². The van der Waals surface area contributed by atoms with E-state index in [1.54, 1.807) is 27.8 Å². The Labute approximate surface area is 105 Å². The first-order valence-corrected chi connectivity index (χ1v) is 5.97. The zero-order chi connectivity index (χ0) is 13.0. The van der Waals surface area contributed by atoms with Gasteiger partial charge in [0.1, 0.15) is 0 Å². The molecule has 0 aliphatic heterocycles. The first-order valence-electron chi connectivity index (χ1n) is 5.97. The summed E-state index contributed by atoms with van der Waals surface area (Å²) in [7, 11) is 0. The Morgan fingerprint density at radius 2 is 2.17 bits per heavy atom. The Kier molecular flexibility index (Phi) is 3.76. The molecule has 0 saturated heterocycles. The molecule has 6 heteroatoms. The summed E-state index contributed by atoms with van der Waals surface area (Å²) in [4.78, 5) is 16.1. The lowest BCUT2D eigenvalue weighted by molar-refractivity contribution is 0.574. The van der Waals surface area contributed by atoms with Gasteiger partial charge in [0, 0.05) is 37.4 Å². The molecule has 2 heterocycles. The smallest absolute Gasteiger partial charge is 0.293 e. The fourth-order valence-corrected chi connectivity index (χ4v) is 1.67. The van der Waals surface area contributed by atoms with Crippen molar-refractivity contribution in [3.8, 4) is 0 Å². The lowest BCUT2D eigenvalue weighted by Gasteiger charge is -2.11. The summed E-state index contributed by atoms with van der Waals surface area (Å²) in [6.45, 7) is 5.25. The summed E-state index contributed by atoms with van der Waals surface area (Å²) in [6, 6.07) is 2.00. The number of anilines is 1. The largest absolute Gasteiger partial charge is 0.364 e. The van der Waals surface area contributed by atoms with Gasteiger partial charge in [0.25, 0.3) is 5.56 Å². The minimum atomic E-state index is -0.0898. The van der Waals surface area contributed by atoms with E-state index in [9.17, 15) is 4.79 Å². The average molecular weight is 247 g/mol. The van der Waals surface area contributed by atoms with Gasteiger partial charge >= 0.3 is 0 Å². The van der Waals surface area contributed by atoms with Crippen molar-refractivity contribution in [3.05, 3.63) is 41.2 Å². The van der Waals surface area contributed by atoms with Crippen LogP contribution in [0.1, 0.15) is 19.9 Å². The molecule has 6 nitrogen and oxygen atoms in total. The molecule has 0 fully saturated rings. The van der Waals surface area contributed by atoms with Crippen molar-refractivity contribution >= 4 is 5.82 Å². The van der Waals surface area contributed by atoms with E-state index in [1.807, 2.05) is 26.1 Å². The van der Waals surface area contributed by atoms with Crippen LogP contribution in [0.15, 0.2) is 35.6 Å². The molecule has 2 rings (SSSR count). The molecule has 0 spiro atoms. The molecular formula is C12H17N5O. The predicted octanol–water partition coefficient (Wildman–Crippen LogP) is 1.13. The molecule has 0 unspecified atom stereocenters. The van der Waals surface area contributed by atoms with E-state index in [4.69, 9.17) is 0 Å². The molecule has 0 atom stereocenters. The summed E-state index contributed by atoms with van der Waals surface area (Å²) >= 11 is 0. The lowest BCUT2D eigenvalue weighted by Crippen LogP contribution is -2.26. The number of nitrogens with zero attached hydrogens (tertiary/aromatic N) is 4. The third-order valence-corrected chi connectivity index (χ3v) is 2.62. The first kappa shape index (κ1) is 12.3. The van der Waals surface area contributed by atoms with Crippen molar-refractivity contribution in [1.29, 1.82) is 0 Å². The Morgan fingerprint density at radius 3 is 2.83 bits per heavy atom. The van der Waals surface area contributed by atoms with Gasteiger partial charge in [0.05, 0.1) is 6.54 Å². The molecule has 0 radical (unpaired) electrons. The molecule has 0 saturated carbocycles. The van der Waals surface area contributed by atoms with Crippen molar-refractivity contribution in [1.82, 2.24) is 19.3 Å². The summed E-state index contributed by atoms with van der Waals surface area (Å²) < 4.78 is 3.46. The molecule has 2 aromatic heterocycles. The van der Waals surface area contributed by atoms with Crippen molar-refractivity contribution in [2.75, 3.05) is 11.9 Å². The minimum Gasteiger partial charge on any atom is -0.364 e. The minimum absolute atomic E-state index is 0.0898. The van der Waals surface area contributed by atoms with Crippen LogP contribution in [0.3, 0.4) is 0 Å². The van der Waals surface area contributed by atoms with Gasteiger partial charge in [0.2, 0.25) is 0 Å². The standard InChI is InChI=1S/C12H17N5O/c1-10(2)17-9-6-14-11(12(17)18)13-5-8-16-7-3-4-15-16/h3-4,6-7,9-10H,5,8H2,1-2H3,(H,13,14). The second-order valence-corrected chi connectivity index (χ2v) is 4.28. The topological polar surface area (TPSA) is 64.7 Å². The lowest BCUT2D eigenvalue weighted by atomic mass is 10.4. The van der Waals surface area contributed by atoms with Crippen molar-refractivity contribution in [2.45, 2.75) is 26.4 Å². The van der Waals surface area contributed by atoms with Gasteiger partial charge in [-0.05, 0) is 19.9 Å². The summed E-state index contributed by atoms with van der Waals surface area (Å²) in [6.07, 6.45) is 6.95. The third-order valence-electron chi connectivity index (χ3n) is 2.62. The molecule has 1 N–H and O–H groups in total. The van der Waals surface area contributed by atoms with Crippen LogP contribution in [-0.2, 0) is 6.54 Å². The number of rotatable bonds is 5. The fraction of sp³-hybridized carbons (Fsp3) is 0.417.